The zero-order valence-electron chi connectivity index (χ0n) is 6.78. The van der Waals surface area contributed by atoms with Gasteiger partial charge in [0.1, 0.15) is 11.6 Å². The molecule has 0 fully saturated rings. The fourth-order valence-corrected chi connectivity index (χ4v) is 0.910. The highest BCUT2D eigenvalue weighted by Crippen LogP contribution is 2.09. The first kappa shape index (κ1) is 10.0. The predicted molar refractivity (Wildman–Crippen MR) is 48.6 cm³/mol. The van der Waals surface area contributed by atoms with Crippen molar-refractivity contribution in [2.45, 2.75) is 6.42 Å². The number of halogens is 3. The van der Waals surface area contributed by atoms with Crippen molar-refractivity contribution in [1.82, 2.24) is 0 Å². The van der Waals surface area contributed by atoms with Crippen molar-refractivity contribution < 1.29 is 8.78 Å². The molecule has 1 rings (SSSR count). The molecule has 0 nitrogen and oxygen atoms in total. The molecule has 0 N–H and O–H groups in total. The van der Waals surface area contributed by atoms with Crippen LogP contribution in [-0.4, -0.2) is 5.88 Å². The molecule has 0 spiro atoms. The average molecular weight is 201 g/mol. The monoisotopic (exact) mass is 200 g/mol. The lowest BCUT2D eigenvalue weighted by atomic mass is 10.2. The van der Waals surface area contributed by atoms with Crippen molar-refractivity contribution in [3.63, 3.8) is 0 Å². The molecule has 0 saturated carbocycles. The van der Waals surface area contributed by atoms with Crippen LogP contribution in [0.25, 0.3) is 0 Å². The molecule has 0 aliphatic heterocycles. The zero-order chi connectivity index (χ0) is 9.68. The first-order valence-electron chi connectivity index (χ1n) is 3.74. The van der Waals surface area contributed by atoms with Crippen LogP contribution in [0.3, 0.4) is 0 Å². The van der Waals surface area contributed by atoms with Crippen molar-refractivity contribution in [2.75, 3.05) is 5.88 Å². The summed E-state index contributed by atoms with van der Waals surface area (Å²) in [6.07, 6.45) is 0.426. The summed E-state index contributed by atoms with van der Waals surface area (Å²) >= 11 is 5.36. The van der Waals surface area contributed by atoms with Crippen LogP contribution in [0.1, 0.15) is 12.0 Å². The summed E-state index contributed by atoms with van der Waals surface area (Å²) in [7, 11) is 0. The summed E-state index contributed by atoms with van der Waals surface area (Å²) in [6.45, 7) is 0. The largest absolute Gasteiger partial charge is 0.206 e. The molecule has 0 aromatic heterocycles. The molecule has 3 heteroatoms. The van der Waals surface area contributed by atoms with Crippen LogP contribution in [-0.2, 0) is 0 Å². The van der Waals surface area contributed by atoms with Crippen molar-refractivity contribution in [1.29, 1.82) is 0 Å². The maximum absolute atomic E-state index is 12.9. The van der Waals surface area contributed by atoms with Gasteiger partial charge in [-0.15, -0.1) is 11.6 Å². The zero-order valence-corrected chi connectivity index (χ0v) is 7.54. The second-order valence-corrected chi connectivity index (χ2v) is 2.72. The maximum Gasteiger partial charge on any atom is 0.141 e. The van der Waals surface area contributed by atoms with Gasteiger partial charge >= 0.3 is 0 Å². The number of rotatable bonds is 1. The minimum absolute atomic E-state index is 0.187. The van der Waals surface area contributed by atoms with Gasteiger partial charge in [0.05, 0.1) is 5.56 Å². The lowest BCUT2D eigenvalue weighted by Crippen LogP contribution is -1.88. The van der Waals surface area contributed by atoms with E-state index in [0.717, 1.165) is 0 Å². The molecule has 0 unspecified atom stereocenters. The van der Waals surface area contributed by atoms with Gasteiger partial charge in [0, 0.05) is 12.3 Å². The highest BCUT2D eigenvalue weighted by molar-refractivity contribution is 6.18. The lowest BCUT2D eigenvalue weighted by Gasteiger charge is -1.94. The Kier molecular flexibility index (Phi) is 3.72. The maximum atomic E-state index is 12.9. The van der Waals surface area contributed by atoms with Crippen molar-refractivity contribution in [2.24, 2.45) is 0 Å². The number of hydrogen-bond donors (Lipinski definition) is 0. The minimum atomic E-state index is -0.637. The van der Waals surface area contributed by atoms with Crippen molar-refractivity contribution in [3.05, 3.63) is 35.4 Å². The van der Waals surface area contributed by atoms with E-state index in [2.05, 4.69) is 11.8 Å². The third kappa shape index (κ3) is 2.71. The molecule has 0 bridgehead atoms. The van der Waals surface area contributed by atoms with Gasteiger partial charge in [-0.3, -0.25) is 0 Å². The van der Waals surface area contributed by atoms with E-state index in [1.54, 1.807) is 0 Å². The number of benzene rings is 1. The molecular weight excluding hydrogens is 194 g/mol. The van der Waals surface area contributed by atoms with Crippen LogP contribution < -0.4 is 0 Å². The first-order valence-corrected chi connectivity index (χ1v) is 4.28. The fourth-order valence-electron chi connectivity index (χ4n) is 0.815. The summed E-state index contributed by atoms with van der Waals surface area (Å²) in [5.74, 6) is 4.06. The van der Waals surface area contributed by atoms with Crippen LogP contribution in [0, 0.1) is 23.5 Å². The van der Waals surface area contributed by atoms with Gasteiger partial charge in [0.25, 0.3) is 0 Å². The Balaban J connectivity index is 2.95. The summed E-state index contributed by atoms with van der Waals surface area (Å²) < 4.78 is 25.8. The Morgan fingerprint density at radius 3 is 2.38 bits per heavy atom. The van der Waals surface area contributed by atoms with Crippen molar-refractivity contribution >= 4 is 11.6 Å². The quantitative estimate of drug-likeness (QED) is 0.483. The molecule has 68 valence electrons. The van der Waals surface area contributed by atoms with Crippen LogP contribution in [0.4, 0.5) is 8.78 Å². The van der Waals surface area contributed by atoms with E-state index in [-0.39, 0.29) is 5.56 Å². The Morgan fingerprint density at radius 1 is 1.23 bits per heavy atom. The number of alkyl halides is 1. The smallest absolute Gasteiger partial charge is 0.141 e. The van der Waals surface area contributed by atoms with E-state index in [0.29, 0.717) is 12.3 Å². The van der Waals surface area contributed by atoms with Gasteiger partial charge in [-0.1, -0.05) is 17.9 Å². The molecule has 1 aromatic carbocycles. The topological polar surface area (TPSA) is 0 Å². The standard InChI is InChI=1S/C10H7ClF2/c11-7-2-1-4-8-9(12)5-3-6-10(8)13/h3,5-6H,2,7H2. The minimum Gasteiger partial charge on any atom is -0.206 e. The molecule has 0 aliphatic carbocycles. The molecular formula is C10H7ClF2. The van der Waals surface area contributed by atoms with Gasteiger partial charge in [-0.2, -0.15) is 0 Å². The summed E-state index contributed by atoms with van der Waals surface area (Å²) in [4.78, 5) is 0. The van der Waals surface area contributed by atoms with Crippen LogP contribution >= 0.6 is 11.6 Å². The van der Waals surface area contributed by atoms with Gasteiger partial charge in [-0.25, -0.2) is 8.78 Å². The van der Waals surface area contributed by atoms with Crippen LogP contribution in [0.5, 0.6) is 0 Å². The second kappa shape index (κ2) is 4.84. The molecule has 0 aliphatic rings. The highest BCUT2D eigenvalue weighted by Gasteiger charge is 2.03. The van der Waals surface area contributed by atoms with E-state index >= 15 is 0 Å². The van der Waals surface area contributed by atoms with Crippen molar-refractivity contribution in [3.8, 4) is 11.8 Å². The Labute approximate surface area is 80.5 Å². The third-order valence-corrected chi connectivity index (χ3v) is 1.58. The Hall–Kier alpha value is -1.07. The number of hydrogen-bond acceptors (Lipinski definition) is 0. The lowest BCUT2D eigenvalue weighted by molar-refractivity contribution is 0.577. The summed E-state index contributed by atoms with van der Waals surface area (Å²) in [6, 6.07) is 3.65. The summed E-state index contributed by atoms with van der Waals surface area (Å²) in [5.41, 5.74) is -0.187. The predicted octanol–water partition coefficient (Wildman–Crippen LogP) is 2.95. The molecule has 0 amide bonds. The van der Waals surface area contributed by atoms with Crippen LogP contribution in [0.15, 0.2) is 18.2 Å². The molecule has 1 aromatic rings. The van der Waals surface area contributed by atoms with E-state index in [9.17, 15) is 8.78 Å². The van der Waals surface area contributed by atoms with Gasteiger partial charge < -0.3 is 0 Å². The molecule has 0 radical (unpaired) electrons. The average Bonchev–Trinajstić information content (AvgIpc) is 2.10. The van der Waals surface area contributed by atoms with Gasteiger partial charge in [0.2, 0.25) is 0 Å². The van der Waals surface area contributed by atoms with Gasteiger partial charge in [-0.05, 0) is 12.1 Å². The fraction of sp³-hybridized carbons (Fsp3) is 0.200. The second-order valence-electron chi connectivity index (χ2n) is 2.34. The molecule has 0 heterocycles. The van der Waals surface area contributed by atoms with E-state index in [1.807, 2.05) is 0 Å². The van der Waals surface area contributed by atoms with E-state index in [4.69, 9.17) is 11.6 Å². The SMILES string of the molecule is Fc1cccc(F)c1C#CCCCl. The van der Waals surface area contributed by atoms with E-state index < -0.39 is 11.6 Å². The first-order chi connectivity index (χ1) is 6.25. The third-order valence-electron chi connectivity index (χ3n) is 1.40. The molecule has 13 heavy (non-hydrogen) atoms. The van der Waals surface area contributed by atoms with E-state index in [1.165, 1.54) is 18.2 Å². The molecule has 0 atom stereocenters. The van der Waals surface area contributed by atoms with Gasteiger partial charge in [0.15, 0.2) is 0 Å². The molecule has 0 saturated heterocycles. The van der Waals surface area contributed by atoms with Crippen LogP contribution in [0.2, 0.25) is 0 Å². The Bertz CT molecular complexity index is 329. The Morgan fingerprint density at radius 2 is 1.85 bits per heavy atom. The normalized spacial score (nSPS) is 9.15. The highest BCUT2D eigenvalue weighted by atomic mass is 35.5. The summed E-state index contributed by atoms with van der Waals surface area (Å²) in [5, 5.41) is 0.